The number of nitrogens with zero attached hydrogens (tertiary/aromatic N) is 6. The highest BCUT2D eigenvalue weighted by Crippen LogP contribution is 2.48. The molecule has 0 spiro atoms. The molecule has 9 nitrogen and oxygen atoms in total. The van der Waals surface area contributed by atoms with E-state index in [0.717, 1.165) is 29.9 Å². The Morgan fingerprint density at radius 2 is 2.11 bits per heavy atom. The summed E-state index contributed by atoms with van der Waals surface area (Å²) in [7, 11) is 1.60. The van der Waals surface area contributed by atoms with E-state index in [0.29, 0.717) is 54.6 Å². The van der Waals surface area contributed by atoms with Gasteiger partial charge in [-0.25, -0.2) is 9.37 Å². The zero-order valence-electron chi connectivity index (χ0n) is 19.9. The number of methoxy groups -OCH3 is 1. The third-order valence-corrected chi connectivity index (χ3v) is 7.51. The minimum Gasteiger partial charge on any atom is -0.383 e. The van der Waals surface area contributed by atoms with Crippen molar-refractivity contribution in [3.8, 4) is 11.5 Å². The molecule has 1 fully saturated rings. The second-order valence-electron chi connectivity index (χ2n) is 9.97. The van der Waals surface area contributed by atoms with E-state index in [1.54, 1.807) is 18.1 Å². The minimum absolute atomic E-state index is 0.0105. The molecule has 10 heteroatoms. The number of halogens is 1. The van der Waals surface area contributed by atoms with Gasteiger partial charge in [0.2, 0.25) is 0 Å². The number of carbonyl (C=O) groups is 1. The highest BCUT2D eigenvalue weighted by Gasteiger charge is 2.43. The third kappa shape index (κ3) is 3.54. The number of anilines is 1. The van der Waals surface area contributed by atoms with Crippen molar-refractivity contribution in [2.45, 2.75) is 56.7 Å². The van der Waals surface area contributed by atoms with Crippen molar-refractivity contribution in [3.05, 3.63) is 52.6 Å². The van der Waals surface area contributed by atoms with E-state index < -0.39 is 12.7 Å². The van der Waals surface area contributed by atoms with Gasteiger partial charge in [-0.05, 0) is 37.5 Å². The number of rotatable bonds is 7. The van der Waals surface area contributed by atoms with Crippen molar-refractivity contribution in [1.82, 2.24) is 24.7 Å². The van der Waals surface area contributed by atoms with Crippen molar-refractivity contribution >= 4 is 11.7 Å². The van der Waals surface area contributed by atoms with Gasteiger partial charge in [-0.2, -0.15) is 0 Å². The first-order chi connectivity index (χ1) is 16.9. The lowest BCUT2D eigenvalue weighted by Crippen LogP contribution is -2.24. The summed E-state index contributed by atoms with van der Waals surface area (Å²) in [5, 5.41) is 8.50. The molecule has 3 aromatic heterocycles. The van der Waals surface area contributed by atoms with Gasteiger partial charge >= 0.3 is 0 Å². The minimum atomic E-state index is -0.476. The van der Waals surface area contributed by atoms with Crippen molar-refractivity contribution in [2.75, 3.05) is 25.3 Å². The SMILES string of the molecule is COC[C@@H](N)c1nc(C2(C)CC2)cc2c1CN(c1cccc(-c3nnc4n3[C@@H](CF)CC4)n1)C2=O. The summed E-state index contributed by atoms with van der Waals surface area (Å²) in [5.74, 6) is 1.67. The quantitative estimate of drug-likeness (QED) is 0.557. The van der Waals surface area contributed by atoms with E-state index in [4.69, 9.17) is 20.4 Å². The number of nitrogens with two attached hydrogens (primary N) is 1. The summed E-state index contributed by atoms with van der Waals surface area (Å²) >= 11 is 0. The number of hydrogen-bond donors (Lipinski definition) is 1. The molecule has 35 heavy (non-hydrogen) atoms. The molecule has 0 unspecified atom stereocenters. The van der Waals surface area contributed by atoms with Crippen molar-refractivity contribution in [3.63, 3.8) is 0 Å². The molecule has 0 radical (unpaired) electrons. The Hall–Kier alpha value is -3.24. The number of fused-ring (bicyclic) bond motifs is 2. The topological polar surface area (TPSA) is 112 Å². The number of hydrogen-bond acceptors (Lipinski definition) is 7. The van der Waals surface area contributed by atoms with Crippen LogP contribution in [-0.4, -0.2) is 51.0 Å². The Morgan fingerprint density at radius 3 is 2.86 bits per heavy atom. The van der Waals surface area contributed by atoms with Gasteiger partial charge in [0, 0.05) is 35.8 Å². The molecule has 2 aliphatic heterocycles. The highest BCUT2D eigenvalue weighted by molar-refractivity contribution is 6.10. The Morgan fingerprint density at radius 1 is 1.29 bits per heavy atom. The van der Waals surface area contributed by atoms with Gasteiger partial charge in [-0.15, -0.1) is 10.2 Å². The van der Waals surface area contributed by atoms with Gasteiger partial charge in [0.25, 0.3) is 5.91 Å². The third-order valence-electron chi connectivity index (χ3n) is 7.51. The molecule has 0 saturated heterocycles. The van der Waals surface area contributed by atoms with Crippen LogP contribution in [-0.2, 0) is 23.1 Å². The zero-order chi connectivity index (χ0) is 24.3. The van der Waals surface area contributed by atoms with Crippen LogP contribution in [0, 0.1) is 0 Å². The van der Waals surface area contributed by atoms with Gasteiger partial charge < -0.3 is 15.0 Å². The number of aromatic nitrogens is 5. The molecule has 1 amide bonds. The van der Waals surface area contributed by atoms with Gasteiger partial charge in [0.15, 0.2) is 5.82 Å². The fraction of sp³-hybridized carbons (Fsp3) is 0.480. The maximum absolute atomic E-state index is 13.6. The second-order valence-corrected chi connectivity index (χ2v) is 9.97. The molecule has 1 saturated carbocycles. The van der Waals surface area contributed by atoms with E-state index in [9.17, 15) is 9.18 Å². The van der Waals surface area contributed by atoms with E-state index >= 15 is 0 Å². The molecular weight excluding hydrogens is 449 g/mol. The van der Waals surface area contributed by atoms with E-state index in [1.807, 2.05) is 22.8 Å². The molecule has 3 aliphatic rings. The Balaban J connectivity index is 1.38. The number of ether oxygens (including phenoxy) is 1. The van der Waals surface area contributed by atoms with Crippen LogP contribution in [0.2, 0.25) is 0 Å². The molecule has 0 bridgehead atoms. The number of aryl methyl sites for hydroxylation is 1. The van der Waals surface area contributed by atoms with Crippen LogP contribution in [0.4, 0.5) is 10.2 Å². The molecular formula is C25H28FN7O2. The maximum atomic E-state index is 13.6. The Labute approximate surface area is 202 Å². The first-order valence-corrected chi connectivity index (χ1v) is 12.0. The molecule has 6 rings (SSSR count). The Bertz CT molecular complexity index is 1320. The monoisotopic (exact) mass is 477 g/mol. The predicted octanol–water partition coefficient (Wildman–Crippen LogP) is 3.05. The highest BCUT2D eigenvalue weighted by atomic mass is 19.1. The van der Waals surface area contributed by atoms with Crippen molar-refractivity contribution in [1.29, 1.82) is 0 Å². The van der Waals surface area contributed by atoms with Crippen LogP contribution < -0.4 is 10.6 Å². The first kappa shape index (κ1) is 22.2. The number of amides is 1. The van der Waals surface area contributed by atoms with Gasteiger partial charge in [0.1, 0.15) is 24.0 Å². The van der Waals surface area contributed by atoms with Crippen molar-refractivity contribution in [2.24, 2.45) is 5.73 Å². The molecule has 2 N–H and O–H groups in total. The lowest BCUT2D eigenvalue weighted by molar-refractivity contribution is 0.0995. The van der Waals surface area contributed by atoms with Crippen LogP contribution in [0.25, 0.3) is 11.5 Å². The molecule has 1 aliphatic carbocycles. The standard InChI is InChI=1S/C25H28FN7O2/c1-25(8-9-25)19-10-15-16(22(29-19)17(27)13-35-2)12-32(24(15)34)20-5-3-4-18(28-20)23-31-30-21-7-6-14(11-26)33(21)23/h3-5,10,14,17H,6-9,11-13,27H2,1-2H3/t14-,17-/m1/s1. The molecule has 182 valence electrons. The maximum Gasteiger partial charge on any atom is 0.260 e. The largest absolute Gasteiger partial charge is 0.383 e. The molecule has 0 aromatic carbocycles. The average molecular weight is 478 g/mol. The zero-order valence-corrected chi connectivity index (χ0v) is 19.9. The molecule has 5 heterocycles. The summed E-state index contributed by atoms with van der Waals surface area (Å²) in [5.41, 5.74) is 10.0. The summed E-state index contributed by atoms with van der Waals surface area (Å²) < 4.78 is 20.7. The normalized spacial score (nSPS) is 20.7. The van der Waals surface area contributed by atoms with Crippen LogP contribution in [0.5, 0.6) is 0 Å². The van der Waals surface area contributed by atoms with E-state index in [1.165, 1.54) is 0 Å². The lowest BCUT2D eigenvalue weighted by Gasteiger charge is -2.18. The van der Waals surface area contributed by atoms with Gasteiger partial charge in [-0.3, -0.25) is 14.7 Å². The van der Waals surface area contributed by atoms with E-state index in [-0.39, 0.29) is 17.4 Å². The summed E-state index contributed by atoms with van der Waals surface area (Å²) in [6, 6.07) is 6.66. The average Bonchev–Trinajstić information content (AvgIpc) is 3.19. The molecule has 2 atom stereocenters. The Kier molecular flexibility index (Phi) is 5.19. The fourth-order valence-electron chi connectivity index (χ4n) is 5.15. The van der Waals surface area contributed by atoms with Crippen LogP contribution in [0.15, 0.2) is 24.3 Å². The summed E-state index contributed by atoms with van der Waals surface area (Å²) in [6.07, 6.45) is 3.48. The van der Waals surface area contributed by atoms with Gasteiger partial charge in [0.05, 0.1) is 30.9 Å². The van der Waals surface area contributed by atoms with Crippen molar-refractivity contribution < 1.29 is 13.9 Å². The summed E-state index contributed by atoms with van der Waals surface area (Å²) in [4.78, 5) is 24.9. The number of alkyl halides is 1. The number of pyridine rings is 2. The van der Waals surface area contributed by atoms with Crippen LogP contribution in [0.3, 0.4) is 0 Å². The van der Waals surface area contributed by atoms with E-state index in [2.05, 4.69) is 17.1 Å². The van der Waals surface area contributed by atoms with Crippen LogP contribution in [0.1, 0.15) is 71.4 Å². The smallest absolute Gasteiger partial charge is 0.260 e. The lowest BCUT2D eigenvalue weighted by atomic mass is 9.97. The summed E-state index contributed by atoms with van der Waals surface area (Å²) in [6.45, 7) is 2.33. The second kappa shape index (κ2) is 8.17. The van der Waals surface area contributed by atoms with Gasteiger partial charge in [-0.1, -0.05) is 13.0 Å². The first-order valence-electron chi connectivity index (χ1n) is 12.0. The predicted molar refractivity (Wildman–Crippen MR) is 127 cm³/mol. The van der Waals surface area contributed by atoms with Crippen LogP contribution >= 0.6 is 0 Å². The fourth-order valence-corrected chi connectivity index (χ4v) is 5.15. The molecule has 3 aromatic rings. The number of carbonyl (C=O) groups excluding carboxylic acids is 1.